The fourth-order valence-electron chi connectivity index (χ4n) is 2.87. The Kier molecular flexibility index (Phi) is 12.9. The van der Waals surface area contributed by atoms with E-state index in [0.29, 0.717) is 0 Å². The van der Waals surface area contributed by atoms with Gasteiger partial charge in [0.15, 0.2) is 0 Å². The maximum Gasteiger partial charge on any atom is 0.126 e. The van der Waals surface area contributed by atoms with Gasteiger partial charge in [0.05, 0.1) is 6.26 Å². The summed E-state index contributed by atoms with van der Waals surface area (Å²) in [6, 6.07) is 3.94. The van der Waals surface area contributed by atoms with E-state index >= 15 is 0 Å². The predicted octanol–water partition coefficient (Wildman–Crippen LogP) is 7.77. The third-order valence-corrected chi connectivity index (χ3v) is 4.30. The van der Waals surface area contributed by atoms with E-state index in [2.05, 4.69) is 19.1 Å². The monoisotopic (exact) mass is 304 g/mol. The Hall–Kier alpha value is -0.980. The average Bonchev–Trinajstić information content (AvgIpc) is 3.04. The van der Waals surface area contributed by atoms with E-state index in [-0.39, 0.29) is 0 Å². The van der Waals surface area contributed by atoms with Gasteiger partial charge < -0.3 is 4.42 Å². The second-order valence-corrected chi connectivity index (χ2v) is 6.45. The lowest BCUT2D eigenvalue weighted by Crippen LogP contribution is -1.82. The first-order valence-electron chi connectivity index (χ1n) is 9.63. The van der Waals surface area contributed by atoms with E-state index in [0.717, 1.165) is 5.76 Å². The lowest BCUT2D eigenvalue weighted by atomic mass is 10.0. The van der Waals surface area contributed by atoms with Crippen molar-refractivity contribution in [3.63, 3.8) is 0 Å². The standard InChI is InChI=1S/C21H36O/c1-2-3-4-5-6-7-8-9-10-11-12-13-14-15-16-18-21-19-17-20-22-21/h16-20H,2-15H2,1H3/b18-16+. The molecule has 0 spiro atoms. The van der Waals surface area contributed by atoms with Crippen LogP contribution in [0.1, 0.15) is 103 Å². The van der Waals surface area contributed by atoms with Gasteiger partial charge in [0.1, 0.15) is 5.76 Å². The highest BCUT2D eigenvalue weighted by atomic mass is 16.3. The molecule has 0 unspecified atom stereocenters. The molecule has 126 valence electrons. The third kappa shape index (κ3) is 11.7. The topological polar surface area (TPSA) is 13.1 Å². The Labute approximate surface area is 138 Å². The van der Waals surface area contributed by atoms with Gasteiger partial charge in [-0.3, -0.25) is 0 Å². The molecule has 0 radical (unpaired) electrons. The van der Waals surface area contributed by atoms with Crippen LogP contribution in [0.25, 0.3) is 6.08 Å². The van der Waals surface area contributed by atoms with Crippen LogP contribution in [0.4, 0.5) is 0 Å². The summed E-state index contributed by atoms with van der Waals surface area (Å²) in [6.45, 7) is 2.29. The zero-order chi connectivity index (χ0) is 15.7. The van der Waals surface area contributed by atoms with Crippen molar-refractivity contribution in [1.29, 1.82) is 0 Å². The summed E-state index contributed by atoms with van der Waals surface area (Å²) in [5, 5.41) is 0. The molecule has 0 aliphatic rings. The maximum atomic E-state index is 5.27. The normalized spacial score (nSPS) is 11.5. The van der Waals surface area contributed by atoms with Crippen LogP contribution in [-0.2, 0) is 0 Å². The Bertz CT molecular complexity index is 337. The van der Waals surface area contributed by atoms with E-state index in [4.69, 9.17) is 4.42 Å². The van der Waals surface area contributed by atoms with Crippen LogP contribution in [0.2, 0.25) is 0 Å². The fourth-order valence-corrected chi connectivity index (χ4v) is 2.87. The molecule has 0 aliphatic heterocycles. The van der Waals surface area contributed by atoms with Crippen molar-refractivity contribution in [2.45, 2.75) is 96.8 Å². The molecular formula is C21H36O. The summed E-state index contributed by atoms with van der Waals surface area (Å²) < 4.78 is 5.27. The van der Waals surface area contributed by atoms with E-state index in [9.17, 15) is 0 Å². The fraction of sp³-hybridized carbons (Fsp3) is 0.714. The van der Waals surface area contributed by atoms with E-state index in [1.165, 1.54) is 89.9 Å². The van der Waals surface area contributed by atoms with Crippen LogP contribution < -0.4 is 0 Å². The van der Waals surface area contributed by atoms with Gasteiger partial charge in [0.2, 0.25) is 0 Å². The Morgan fingerprint density at radius 3 is 1.82 bits per heavy atom. The van der Waals surface area contributed by atoms with Gasteiger partial charge in [-0.15, -0.1) is 0 Å². The molecule has 1 heteroatoms. The van der Waals surface area contributed by atoms with Gasteiger partial charge in [0.25, 0.3) is 0 Å². The smallest absolute Gasteiger partial charge is 0.126 e. The molecule has 0 atom stereocenters. The molecular weight excluding hydrogens is 268 g/mol. The van der Waals surface area contributed by atoms with Crippen molar-refractivity contribution in [2.75, 3.05) is 0 Å². The number of rotatable bonds is 15. The number of furan rings is 1. The van der Waals surface area contributed by atoms with Crippen molar-refractivity contribution >= 4 is 6.08 Å². The van der Waals surface area contributed by atoms with E-state index in [1.807, 2.05) is 12.1 Å². The minimum absolute atomic E-state index is 0.967. The maximum absolute atomic E-state index is 5.27. The minimum Gasteiger partial charge on any atom is -0.465 e. The van der Waals surface area contributed by atoms with Crippen molar-refractivity contribution in [3.8, 4) is 0 Å². The summed E-state index contributed by atoms with van der Waals surface area (Å²) >= 11 is 0. The summed E-state index contributed by atoms with van der Waals surface area (Å²) in [4.78, 5) is 0. The number of unbranched alkanes of at least 4 members (excludes halogenated alkanes) is 13. The summed E-state index contributed by atoms with van der Waals surface area (Å²) in [6.07, 6.45) is 25.7. The van der Waals surface area contributed by atoms with Crippen LogP contribution >= 0.6 is 0 Å². The van der Waals surface area contributed by atoms with Gasteiger partial charge in [-0.25, -0.2) is 0 Å². The Balaban J connectivity index is 1.73. The molecule has 0 fully saturated rings. The largest absolute Gasteiger partial charge is 0.465 e. The molecule has 0 aliphatic carbocycles. The number of hydrogen-bond donors (Lipinski definition) is 0. The van der Waals surface area contributed by atoms with Gasteiger partial charge in [0, 0.05) is 0 Å². The molecule has 0 saturated carbocycles. The van der Waals surface area contributed by atoms with Crippen LogP contribution in [0.15, 0.2) is 28.9 Å². The van der Waals surface area contributed by atoms with Crippen molar-refractivity contribution in [3.05, 3.63) is 30.2 Å². The average molecular weight is 305 g/mol. The summed E-state index contributed by atoms with van der Waals surface area (Å²) in [7, 11) is 0. The zero-order valence-electron chi connectivity index (χ0n) is 14.7. The van der Waals surface area contributed by atoms with Crippen molar-refractivity contribution in [2.24, 2.45) is 0 Å². The second-order valence-electron chi connectivity index (χ2n) is 6.45. The van der Waals surface area contributed by atoms with E-state index in [1.54, 1.807) is 6.26 Å². The molecule has 0 N–H and O–H groups in total. The first-order chi connectivity index (χ1) is 10.9. The number of allylic oxidation sites excluding steroid dienone is 1. The Morgan fingerprint density at radius 1 is 0.773 bits per heavy atom. The first kappa shape index (κ1) is 19.1. The SMILES string of the molecule is CCCCCCCCCCCCCCC/C=C/c1ccco1. The molecule has 22 heavy (non-hydrogen) atoms. The molecule has 0 aromatic carbocycles. The minimum atomic E-state index is 0.967. The van der Waals surface area contributed by atoms with Crippen LogP contribution in [0.5, 0.6) is 0 Å². The van der Waals surface area contributed by atoms with Gasteiger partial charge in [-0.2, -0.15) is 0 Å². The molecule has 0 bridgehead atoms. The molecule has 1 aromatic rings. The van der Waals surface area contributed by atoms with Gasteiger partial charge in [-0.1, -0.05) is 90.0 Å². The van der Waals surface area contributed by atoms with Crippen LogP contribution in [0, 0.1) is 0 Å². The summed E-state index contributed by atoms with van der Waals surface area (Å²) in [5.41, 5.74) is 0. The molecule has 1 rings (SSSR count). The molecule has 1 nitrogen and oxygen atoms in total. The molecule has 0 saturated heterocycles. The highest BCUT2D eigenvalue weighted by Gasteiger charge is 1.93. The first-order valence-corrected chi connectivity index (χ1v) is 9.63. The van der Waals surface area contributed by atoms with Gasteiger partial charge >= 0.3 is 0 Å². The second kappa shape index (κ2) is 14.9. The lowest BCUT2D eigenvalue weighted by Gasteiger charge is -2.02. The zero-order valence-corrected chi connectivity index (χ0v) is 14.7. The highest BCUT2D eigenvalue weighted by molar-refractivity contribution is 5.41. The third-order valence-electron chi connectivity index (χ3n) is 4.30. The van der Waals surface area contributed by atoms with Crippen LogP contribution in [0.3, 0.4) is 0 Å². The highest BCUT2D eigenvalue weighted by Crippen LogP contribution is 2.13. The van der Waals surface area contributed by atoms with Crippen molar-refractivity contribution in [1.82, 2.24) is 0 Å². The number of hydrogen-bond acceptors (Lipinski definition) is 1. The quantitative estimate of drug-likeness (QED) is 0.301. The molecule has 1 aromatic heterocycles. The molecule has 0 amide bonds. The van der Waals surface area contributed by atoms with Crippen molar-refractivity contribution < 1.29 is 4.42 Å². The lowest BCUT2D eigenvalue weighted by molar-refractivity contribution is 0.540. The van der Waals surface area contributed by atoms with Gasteiger partial charge in [-0.05, 0) is 31.1 Å². The predicted molar refractivity (Wildman–Crippen MR) is 98.1 cm³/mol. The van der Waals surface area contributed by atoms with E-state index < -0.39 is 0 Å². The summed E-state index contributed by atoms with van der Waals surface area (Å²) in [5.74, 6) is 0.967. The van der Waals surface area contributed by atoms with Crippen LogP contribution in [-0.4, -0.2) is 0 Å². The Morgan fingerprint density at radius 2 is 1.32 bits per heavy atom. The molecule has 1 heterocycles.